The van der Waals surface area contributed by atoms with Crippen LogP contribution in [0.25, 0.3) is 16.8 Å². The fraction of sp³-hybridized carbons (Fsp3) is 0.333. The minimum atomic E-state index is -0.210. The fourth-order valence-corrected chi connectivity index (χ4v) is 3.71. The highest BCUT2D eigenvalue weighted by Gasteiger charge is 2.20. The van der Waals surface area contributed by atoms with Crippen LogP contribution < -0.4 is 14.8 Å². The molecule has 8 heteroatoms. The van der Waals surface area contributed by atoms with Gasteiger partial charge in [0.15, 0.2) is 17.2 Å². The van der Waals surface area contributed by atoms with Crippen molar-refractivity contribution in [3.63, 3.8) is 0 Å². The number of methoxy groups -OCH3 is 2. The third kappa shape index (κ3) is 4.92. The first kappa shape index (κ1) is 21.9. The highest BCUT2D eigenvalue weighted by Crippen LogP contribution is 2.34. The molecule has 32 heavy (non-hydrogen) atoms. The Kier molecular flexibility index (Phi) is 7.03. The van der Waals surface area contributed by atoms with E-state index in [1.807, 2.05) is 54.7 Å². The Bertz CT molecular complexity index is 1050. The normalized spacial score (nSPS) is 14.2. The molecule has 1 saturated heterocycles. The van der Waals surface area contributed by atoms with Crippen LogP contribution in [0.3, 0.4) is 0 Å². The number of amides is 1. The minimum Gasteiger partial charge on any atom is -0.493 e. The van der Waals surface area contributed by atoms with E-state index in [0.717, 1.165) is 49.7 Å². The summed E-state index contributed by atoms with van der Waals surface area (Å²) >= 11 is 0. The molecular weight excluding hydrogens is 408 g/mol. The van der Waals surface area contributed by atoms with E-state index in [-0.39, 0.29) is 5.91 Å². The Morgan fingerprint density at radius 2 is 1.81 bits per heavy atom. The molecule has 0 saturated carbocycles. The summed E-state index contributed by atoms with van der Waals surface area (Å²) < 4.78 is 17.9. The molecule has 168 valence electrons. The van der Waals surface area contributed by atoms with Gasteiger partial charge in [0, 0.05) is 37.9 Å². The first-order valence-electron chi connectivity index (χ1n) is 10.7. The van der Waals surface area contributed by atoms with Crippen LogP contribution in [0.4, 0.5) is 0 Å². The lowest BCUT2D eigenvalue weighted by Crippen LogP contribution is -2.41. The summed E-state index contributed by atoms with van der Waals surface area (Å²) in [7, 11) is 3.19. The molecule has 4 rings (SSSR count). The number of hydrogen-bond donors (Lipinski definition) is 1. The van der Waals surface area contributed by atoms with Crippen molar-refractivity contribution < 1.29 is 19.0 Å². The lowest BCUT2D eigenvalue weighted by molar-refractivity contribution is 0.0383. The van der Waals surface area contributed by atoms with Gasteiger partial charge < -0.3 is 19.5 Å². The Morgan fingerprint density at radius 1 is 1.06 bits per heavy atom. The molecule has 2 aromatic carbocycles. The second kappa shape index (κ2) is 10.3. The predicted molar refractivity (Wildman–Crippen MR) is 122 cm³/mol. The summed E-state index contributed by atoms with van der Waals surface area (Å²) in [5.74, 6) is 1.01. The van der Waals surface area contributed by atoms with E-state index in [4.69, 9.17) is 14.2 Å². The van der Waals surface area contributed by atoms with E-state index < -0.39 is 0 Å². The number of rotatable bonds is 8. The van der Waals surface area contributed by atoms with Gasteiger partial charge in [0.05, 0.1) is 33.1 Å². The Hall–Kier alpha value is -3.36. The summed E-state index contributed by atoms with van der Waals surface area (Å²) in [6.07, 6.45) is 1.87. The van der Waals surface area contributed by atoms with Crippen molar-refractivity contribution in [2.75, 3.05) is 53.6 Å². The van der Waals surface area contributed by atoms with E-state index in [1.54, 1.807) is 18.9 Å². The smallest absolute Gasteiger partial charge is 0.272 e. The molecule has 1 fully saturated rings. The molecule has 1 amide bonds. The zero-order valence-electron chi connectivity index (χ0n) is 18.4. The summed E-state index contributed by atoms with van der Waals surface area (Å²) in [6.45, 7) is 4.56. The average molecular weight is 437 g/mol. The van der Waals surface area contributed by atoms with Gasteiger partial charge in [-0.25, -0.2) is 4.68 Å². The second-order valence-electron chi connectivity index (χ2n) is 7.45. The summed E-state index contributed by atoms with van der Waals surface area (Å²) in [5, 5.41) is 7.64. The van der Waals surface area contributed by atoms with E-state index in [9.17, 15) is 4.79 Å². The van der Waals surface area contributed by atoms with Crippen LogP contribution in [0, 0.1) is 0 Å². The number of carbonyl (C=O) groups excluding carboxylic acids is 1. The molecule has 1 aliphatic rings. The first-order valence-corrected chi connectivity index (χ1v) is 10.7. The van der Waals surface area contributed by atoms with Crippen molar-refractivity contribution in [2.45, 2.75) is 0 Å². The number of morpholine rings is 1. The van der Waals surface area contributed by atoms with Gasteiger partial charge in [0.2, 0.25) is 0 Å². The number of para-hydroxylation sites is 1. The summed E-state index contributed by atoms with van der Waals surface area (Å²) in [6, 6.07) is 15.3. The molecule has 2 heterocycles. The zero-order valence-corrected chi connectivity index (χ0v) is 18.4. The van der Waals surface area contributed by atoms with Crippen LogP contribution >= 0.6 is 0 Å². The standard InChI is InChI=1S/C24H28N4O4/c1-30-21-9-8-18(16-22(21)31-2)20-17-28(19-6-4-3-5-7-19)26-23(20)24(29)25-10-11-27-12-14-32-15-13-27/h3-9,16-17H,10-15H2,1-2H3,(H,25,29). The first-order chi connectivity index (χ1) is 15.7. The van der Waals surface area contributed by atoms with Gasteiger partial charge in [-0.2, -0.15) is 5.10 Å². The number of ether oxygens (including phenoxy) is 3. The number of benzene rings is 2. The van der Waals surface area contributed by atoms with Gasteiger partial charge in [0.1, 0.15) is 0 Å². The Morgan fingerprint density at radius 3 is 2.53 bits per heavy atom. The maximum Gasteiger partial charge on any atom is 0.272 e. The summed E-state index contributed by atoms with van der Waals surface area (Å²) in [5.41, 5.74) is 2.78. The molecule has 0 unspecified atom stereocenters. The molecular formula is C24H28N4O4. The fourth-order valence-electron chi connectivity index (χ4n) is 3.71. The molecule has 0 bridgehead atoms. The molecule has 1 N–H and O–H groups in total. The molecule has 8 nitrogen and oxygen atoms in total. The van der Waals surface area contributed by atoms with E-state index in [0.29, 0.717) is 23.7 Å². The van der Waals surface area contributed by atoms with Crippen LogP contribution in [-0.4, -0.2) is 74.2 Å². The zero-order chi connectivity index (χ0) is 22.3. The van der Waals surface area contributed by atoms with Crippen molar-refractivity contribution in [2.24, 2.45) is 0 Å². The number of hydrogen-bond acceptors (Lipinski definition) is 6. The highest BCUT2D eigenvalue weighted by atomic mass is 16.5. The van der Waals surface area contributed by atoms with Crippen molar-refractivity contribution in [1.29, 1.82) is 0 Å². The Balaban J connectivity index is 1.61. The Labute approximate surface area is 187 Å². The van der Waals surface area contributed by atoms with E-state index in [2.05, 4.69) is 15.3 Å². The van der Waals surface area contributed by atoms with E-state index in [1.165, 1.54) is 0 Å². The van der Waals surface area contributed by atoms with Gasteiger partial charge in [-0.15, -0.1) is 0 Å². The van der Waals surface area contributed by atoms with Gasteiger partial charge >= 0.3 is 0 Å². The van der Waals surface area contributed by atoms with Gasteiger partial charge in [-0.1, -0.05) is 24.3 Å². The number of nitrogens with one attached hydrogen (secondary N) is 1. The molecule has 0 radical (unpaired) electrons. The minimum absolute atomic E-state index is 0.210. The third-order valence-electron chi connectivity index (χ3n) is 5.46. The van der Waals surface area contributed by atoms with Crippen LogP contribution in [0.15, 0.2) is 54.7 Å². The average Bonchev–Trinajstić information content (AvgIpc) is 3.30. The molecule has 1 aromatic heterocycles. The van der Waals surface area contributed by atoms with Gasteiger partial charge in [0.25, 0.3) is 5.91 Å². The molecule has 3 aromatic rings. The monoisotopic (exact) mass is 436 g/mol. The number of aromatic nitrogens is 2. The lowest BCUT2D eigenvalue weighted by Gasteiger charge is -2.26. The van der Waals surface area contributed by atoms with Crippen LogP contribution in [0.1, 0.15) is 10.5 Å². The molecule has 0 spiro atoms. The van der Waals surface area contributed by atoms with Gasteiger partial charge in [-0.3, -0.25) is 9.69 Å². The SMILES string of the molecule is COc1ccc(-c2cn(-c3ccccc3)nc2C(=O)NCCN2CCOCC2)cc1OC. The largest absolute Gasteiger partial charge is 0.493 e. The number of carbonyl (C=O) groups is 1. The van der Waals surface area contributed by atoms with Crippen molar-refractivity contribution in [1.82, 2.24) is 20.0 Å². The van der Waals surface area contributed by atoms with Crippen LogP contribution in [-0.2, 0) is 4.74 Å². The quantitative estimate of drug-likeness (QED) is 0.585. The maximum absolute atomic E-state index is 13.1. The number of nitrogens with zero attached hydrogens (tertiary/aromatic N) is 3. The third-order valence-corrected chi connectivity index (χ3v) is 5.46. The van der Waals surface area contributed by atoms with Crippen LogP contribution in [0.2, 0.25) is 0 Å². The lowest BCUT2D eigenvalue weighted by atomic mass is 10.1. The van der Waals surface area contributed by atoms with Crippen molar-refractivity contribution in [3.05, 3.63) is 60.4 Å². The second-order valence-corrected chi connectivity index (χ2v) is 7.45. The van der Waals surface area contributed by atoms with Gasteiger partial charge in [-0.05, 0) is 29.8 Å². The van der Waals surface area contributed by atoms with Crippen LogP contribution in [0.5, 0.6) is 11.5 Å². The van der Waals surface area contributed by atoms with E-state index >= 15 is 0 Å². The van der Waals surface area contributed by atoms with Crippen molar-refractivity contribution >= 4 is 5.91 Å². The topological polar surface area (TPSA) is 77.9 Å². The highest BCUT2D eigenvalue weighted by molar-refractivity contribution is 5.99. The molecule has 0 aliphatic carbocycles. The maximum atomic E-state index is 13.1. The predicted octanol–water partition coefficient (Wildman–Crippen LogP) is 2.62. The molecule has 0 atom stereocenters. The van der Waals surface area contributed by atoms with Crippen molar-refractivity contribution in [3.8, 4) is 28.3 Å². The summed E-state index contributed by atoms with van der Waals surface area (Å²) in [4.78, 5) is 15.4. The molecule has 1 aliphatic heterocycles.